The van der Waals surface area contributed by atoms with E-state index in [-0.39, 0.29) is 17.1 Å². The predicted molar refractivity (Wildman–Crippen MR) is 65.9 cm³/mol. The van der Waals surface area contributed by atoms with Gasteiger partial charge in [0.15, 0.2) is 0 Å². The minimum atomic E-state index is -1.09. The normalized spacial score (nSPS) is 9.95. The van der Waals surface area contributed by atoms with Gasteiger partial charge in [-0.25, -0.2) is 14.8 Å². The number of carboxylic acids is 1. The number of aromatic carboxylic acids is 1. The van der Waals surface area contributed by atoms with E-state index in [4.69, 9.17) is 5.11 Å². The monoisotopic (exact) mass is 258 g/mol. The minimum Gasteiger partial charge on any atom is -0.478 e. The first-order valence-corrected chi connectivity index (χ1v) is 5.35. The highest BCUT2D eigenvalue weighted by molar-refractivity contribution is 6.02. The van der Waals surface area contributed by atoms with E-state index in [1.807, 2.05) is 0 Å². The summed E-state index contributed by atoms with van der Waals surface area (Å²) in [7, 11) is 0. The lowest BCUT2D eigenvalue weighted by Gasteiger charge is -2.04. The number of pyridine rings is 1. The molecule has 96 valence electrons. The number of carbonyl (C=O) groups is 2. The third-order valence-corrected chi connectivity index (χ3v) is 2.26. The van der Waals surface area contributed by atoms with Gasteiger partial charge in [-0.1, -0.05) is 0 Å². The molecule has 0 atom stereocenters. The molecule has 0 radical (unpaired) electrons. The highest BCUT2D eigenvalue weighted by atomic mass is 16.4. The zero-order valence-corrected chi connectivity index (χ0v) is 9.99. The number of rotatable bonds is 3. The largest absolute Gasteiger partial charge is 0.478 e. The summed E-state index contributed by atoms with van der Waals surface area (Å²) in [4.78, 5) is 34.3. The molecule has 2 heterocycles. The van der Waals surface area contributed by atoms with Crippen molar-refractivity contribution in [3.63, 3.8) is 0 Å². The molecule has 0 bridgehead atoms. The number of carboxylic acid groups (broad SMARTS) is 1. The maximum atomic E-state index is 11.8. The first kappa shape index (κ1) is 12.6. The van der Waals surface area contributed by atoms with Crippen molar-refractivity contribution in [1.29, 1.82) is 0 Å². The van der Waals surface area contributed by atoms with Gasteiger partial charge < -0.3 is 10.4 Å². The van der Waals surface area contributed by atoms with E-state index in [0.717, 1.165) is 0 Å². The van der Waals surface area contributed by atoms with Crippen molar-refractivity contribution < 1.29 is 14.7 Å². The Morgan fingerprint density at radius 2 is 2.00 bits per heavy atom. The van der Waals surface area contributed by atoms with Gasteiger partial charge in [-0.15, -0.1) is 0 Å². The molecule has 2 N–H and O–H groups in total. The standard InChI is InChI=1S/C12H10N4O3/c1-7-5-15-9(6-14-7)11(17)16-10-4-8(12(18)19)2-3-13-10/h2-6H,1H3,(H,18,19)(H,13,16,17). The molecule has 0 aromatic carbocycles. The second-order valence-electron chi connectivity index (χ2n) is 3.73. The van der Waals surface area contributed by atoms with E-state index in [1.54, 1.807) is 6.92 Å². The van der Waals surface area contributed by atoms with Crippen LogP contribution in [0.3, 0.4) is 0 Å². The fraction of sp³-hybridized carbons (Fsp3) is 0.0833. The van der Waals surface area contributed by atoms with Gasteiger partial charge in [-0.3, -0.25) is 9.78 Å². The number of anilines is 1. The quantitative estimate of drug-likeness (QED) is 0.854. The van der Waals surface area contributed by atoms with Crippen LogP contribution in [0.4, 0.5) is 5.82 Å². The van der Waals surface area contributed by atoms with E-state index in [2.05, 4.69) is 20.3 Å². The molecule has 0 unspecified atom stereocenters. The van der Waals surface area contributed by atoms with E-state index >= 15 is 0 Å². The highest BCUT2D eigenvalue weighted by Crippen LogP contribution is 2.08. The SMILES string of the molecule is Cc1cnc(C(=O)Nc2cc(C(=O)O)ccn2)cn1. The van der Waals surface area contributed by atoms with Gasteiger partial charge in [0.25, 0.3) is 5.91 Å². The van der Waals surface area contributed by atoms with Crippen LogP contribution in [-0.4, -0.2) is 31.9 Å². The van der Waals surface area contributed by atoms with Crippen molar-refractivity contribution in [3.05, 3.63) is 47.7 Å². The zero-order valence-electron chi connectivity index (χ0n) is 9.99. The molecule has 0 saturated carbocycles. The number of aryl methyl sites for hydroxylation is 1. The summed E-state index contributed by atoms with van der Waals surface area (Å²) < 4.78 is 0. The molecule has 2 aromatic rings. The summed E-state index contributed by atoms with van der Waals surface area (Å²) in [6.45, 7) is 1.76. The Kier molecular flexibility index (Phi) is 3.46. The van der Waals surface area contributed by atoms with E-state index in [1.165, 1.54) is 30.7 Å². The molecule has 2 aromatic heterocycles. The third-order valence-electron chi connectivity index (χ3n) is 2.26. The van der Waals surface area contributed by atoms with Crippen molar-refractivity contribution in [1.82, 2.24) is 15.0 Å². The Hall–Kier alpha value is -2.83. The summed E-state index contributed by atoms with van der Waals surface area (Å²) in [5.41, 5.74) is 0.871. The van der Waals surface area contributed by atoms with Crippen LogP contribution in [0.2, 0.25) is 0 Å². The molecule has 7 nitrogen and oxygen atoms in total. The van der Waals surface area contributed by atoms with Gasteiger partial charge in [0.1, 0.15) is 11.5 Å². The molecule has 0 aliphatic carbocycles. The number of amides is 1. The topological polar surface area (TPSA) is 105 Å². The molecule has 7 heteroatoms. The summed E-state index contributed by atoms with van der Waals surface area (Å²) in [6.07, 6.45) is 4.11. The predicted octanol–water partition coefficient (Wildman–Crippen LogP) is 1.13. The second kappa shape index (κ2) is 5.21. The number of carbonyl (C=O) groups excluding carboxylic acids is 1. The van der Waals surface area contributed by atoms with Crippen LogP contribution in [0.5, 0.6) is 0 Å². The number of aromatic nitrogens is 3. The number of nitrogens with zero attached hydrogens (tertiary/aromatic N) is 3. The van der Waals surface area contributed by atoms with Gasteiger partial charge in [0, 0.05) is 12.4 Å². The van der Waals surface area contributed by atoms with Crippen LogP contribution in [0.15, 0.2) is 30.7 Å². The van der Waals surface area contributed by atoms with Crippen molar-refractivity contribution in [2.45, 2.75) is 6.92 Å². The van der Waals surface area contributed by atoms with Crippen LogP contribution in [0.25, 0.3) is 0 Å². The average Bonchev–Trinajstić information content (AvgIpc) is 2.39. The Labute approximate surface area is 108 Å². The molecule has 0 saturated heterocycles. The van der Waals surface area contributed by atoms with Crippen LogP contribution in [0, 0.1) is 6.92 Å². The second-order valence-corrected chi connectivity index (χ2v) is 3.73. The summed E-state index contributed by atoms with van der Waals surface area (Å²) in [6, 6.07) is 2.60. The lowest BCUT2D eigenvalue weighted by Crippen LogP contribution is -2.15. The fourth-order valence-corrected chi connectivity index (χ4v) is 1.32. The third kappa shape index (κ3) is 3.09. The first-order valence-electron chi connectivity index (χ1n) is 5.35. The van der Waals surface area contributed by atoms with E-state index in [9.17, 15) is 9.59 Å². The average molecular weight is 258 g/mol. The van der Waals surface area contributed by atoms with Crippen LogP contribution in [-0.2, 0) is 0 Å². The summed E-state index contributed by atoms with van der Waals surface area (Å²) >= 11 is 0. The molecule has 2 rings (SSSR count). The Bertz CT molecular complexity index is 625. The maximum Gasteiger partial charge on any atom is 0.335 e. The van der Waals surface area contributed by atoms with Gasteiger partial charge >= 0.3 is 5.97 Å². The van der Waals surface area contributed by atoms with Crippen LogP contribution >= 0.6 is 0 Å². The number of hydrogen-bond acceptors (Lipinski definition) is 5. The molecule has 0 spiro atoms. The number of nitrogens with one attached hydrogen (secondary N) is 1. The zero-order chi connectivity index (χ0) is 13.8. The van der Waals surface area contributed by atoms with E-state index < -0.39 is 11.9 Å². The molecule has 19 heavy (non-hydrogen) atoms. The van der Waals surface area contributed by atoms with Gasteiger partial charge in [-0.05, 0) is 19.1 Å². The Morgan fingerprint density at radius 1 is 1.21 bits per heavy atom. The summed E-state index contributed by atoms with van der Waals surface area (Å²) in [5.74, 6) is -1.44. The van der Waals surface area contributed by atoms with Crippen molar-refractivity contribution in [2.75, 3.05) is 5.32 Å². The van der Waals surface area contributed by atoms with Crippen LogP contribution in [0.1, 0.15) is 26.5 Å². The van der Waals surface area contributed by atoms with Gasteiger partial charge in [0.2, 0.25) is 0 Å². The molecule has 0 fully saturated rings. The first-order chi connectivity index (χ1) is 9.06. The molecule has 0 aliphatic rings. The molecule has 0 aliphatic heterocycles. The van der Waals surface area contributed by atoms with Crippen molar-refractivity contribution in [2.24, 2.45) is 0 Å². The lowest BCUT2D eigenvalue weighted by molar-refractivity contribution is 0.0696. The summed E-state index contributed by atoms with van der Waals surface area (Å²) in [5, 5.41) is 11.3. The highest BCUT2D eigenvalue weighted by Gasteiger charge is 2.10. The number of hydrogen-bond donors (Lipinski definition) is 2. The lowest BCUT2D eigenvalue weighted by atomic mass is 10.2. The Morgan fingerprint density at radius 3 is 2.63 bits per heavy atom. The molecular formula is C12H10N4O3. The molecular weight excluding hydrogens is 248 g/mol. The minimum absolute atomic E-state index is 0.0419. The van der Waals surface area contributed by atoms with Crippen molar-refractivity contribution in [3.8, 4) is 0 Å². The Balaban J connectivity index is 2.17. The maximum absolute atomic E-state index is 11.8. The van der Waals surface area contributed by atoms with Gasteiger partial charge in [0.05, 0.1) is 17.5 Å². The van der Waals surface area contributed by atoms with E-state index in [0.29, 0.717) is 5.69 Å². The smallest absolute Gasteiger partial charge is 0.335 e. The van der Waals surface area contributed by atoms with Crippen LogP contribution < -0.4 is 5.32 Å². The van der Waals surface area contributed by atoms with Crippen molar-refractivity contribution >= 4 is 17.7 Å². The fourth-order valence-electron chi connectivity index (χ4n) is 1.32. The van der Waals surface area contributed by atoms with Gasteiger partial charge in [-0.2, -0.15) is 0 Å². The molecule has 1 amide bonds.